The summed E-state index contributed by atoms with van der Waals surface area (Å²) in [5.74, 6) is -0.643. The number of carboxylic acids is 1. The summed E-state index contributed by atoms with van der Waals surface area (Å²) in [6, 6.07) is -0.899. The fraction of sp³-hybridized carbons (Fsp3) is 0.875. The summed E-state index contributed by atoms with van der Waals surface area (Å²) in [5, 5.41) is 11.9. The van der Waals surface area contributed by atoms with E-state index in [-0.39, 0.29) is 5.92 Å². The summed E-state index contributed by atoms with van der Waals surface area (Å²) in [5.41, 5.74) is -0.635. The van der Waals surface area contributed by atoms with Crippen LogP contribution in [0.2, 0.25) is 0 Å². The van der Waals surface area contributed by atoms with Crippen LogP contribution in [0.3, 0.4) is 0 Å². The molecule has 124 valence electrons. The fourth-order valence-electron chi connectivity index (χ4n) is 2.48. The second-order valence-electron chi connectivity index (χ2n) is 6.76. The van der Waals surface area contributed by atoms with Gasteiger partial charge in [0.1, 0.15) is 11.6 Å². The van der Waals surface area contributed by atoms with Crippen molar-refractivity contribution in [1.82, 2.24) is 5.32 Å². The Hall–Kier alpha value is -1.26. The number of nitrogens with one attached hydrogen (secondary N) is 1. The van der Waals surface area contributed by atoms with Crippen molar-refractivity contribution < 1.29 is 19.4 Å². The van der Waals surface area contributed by atoms with Crippen LogP contribution in [0.1, 0.15) is 67.2 Å². The van der Waals surface area contributed by atoms with Crippen LogP contribution in [0.25, 0.3) is 0 Å². The Balaban J connectivity index is 4.77. The zero-order valence-corrected chi connectivity index (χ0v) is 14.2. The van der Waals surface area contributed by atoms with Gasteiger partial charge in [-0.05, 0) is 39.0 Å². The topological polar surface area (TPSA) is 75.6 Å². The van der Waals surface area contributed by atoms with Gasteiger partial charge in [0, 0.05) is 0 Å². The van der Waals surface area contributed by atoms with E-state index in [4.69, 9.17) is 4.74 Å². The van der Waals surface area contributed by atoms with E-state index in [0.29, 0.717) is 12.3 Å². The van der Waals surface area contributed by atoms with Crippen molar-refractivity contribution in [2.75, 3.05) is 0 Å². The van der Waals surface area contributed by atoms with E-state index in [2.05, 4.69) is 19.2 Å². The van der Waals surface area contributed by atoms with Crippen LogP contribution >= 0.6 is 0 Å². The molecule has 5 heteroatoms. The lowest BCUT2D eigenvalue weighted by atomic mass is 9.86. The molecule has 0 spiro atoms. The van der Waals surface area contributed by atoms with Gasteiger partial charge in [-0.1, -0.05) is 40.0 Å². The molecule has 0 fully saturated rings. The summed E-state index contributed by atoms with van der Waals surface area (Å²) in [6.45, 7) is 11.5. The summed E-state index contributed by atoms with van der Waals surface area (Å²) >= 11 is 0. The quantitative estimate of drug-likeness (QED) is 0.714. The first-order valence-corrected chi connectivity index (χ1v) is 7.83. The third kappa shape index (κ3) is 8.58. The molecule has 0 saturated heterocycles. The van der Waals surface area contributed by atoms with Gasteiger partial charge < -0.3 is 15.2 Å². The van der Waals surface area contributed by atoms with E-state index in [1.54, 1.807) is 20.8 Å². The highest BCUT2D eigenvalue weighted by atomic mass is 16.6. The monoisotopic (exact) mass is 301 g/mol. The summed E-state index contributed by atoms with van der Waals surface area (Å²) in [4.78, 5) is 23.3. The average molecular weight is 301 g/mol. The van der Waals surface area contributed by atoms with Gasteiger partial charge in [0.25, 0.3) is 0 Å². The van der Waals surface area contributed by atoms with Crippen LogP contribution in [0.5, 0.6) is 0 Å². The molecule has 0 heterocycles. The van der Waals surface area contributed by atoms with Crippen LogP contribution in [0.4, 0.5) is 4.79 Å². The molecule has 0 aromatic heterocycles. The van der Waals surface area contributed by atoms with Crippen LogP contribution < -0.4 is 5.32 Å². The standard InChI is InChI=1S/C16H31NO4/c1-7-9-11(3)10-12(8-2)13(14(18)19)17-15(20)21-16(4,5)6/h11-13H,7-10H2,1-6H3,(H,17,20)(H,18,19)/t11?,12-,13?/m1/s1. The molecule has 21 heavy (non-hydrogen) atoms. The van der Waals surface area contributed by atoms with Gasteiger partial charge in [-0.3, -0.25) is 0 Å². The van der Waals surface area contributed by atoms with Gasteiger partial charge in [0.15, 0.2) is 0 Å². The van der Waals surface area contributed by atoms with Gasteiger partial charge in [0.05, 0.1) is 0 Å². The molecule has 0 radical (unpaired) electrons. The molecule has 5 nitrogen and oxygen atoms in total. The number of hydrogen-bond donors (Lipinski definition) is 2. The lowest BCUT2D eigenvalue weighted by Crippen LogP contribution is -2.48. The lowest BCUT2D eigenvalue weighted by Gasteiger charge is -2.28. The second kappa shape index (κ2) is 8.90. The van der Waals surface area contributed by atoms with Crippen molar-refractivity contribution in [3.8, 4) is 0 Å². The van der Waals surface area contributed by atoms with Crippen LogP contribution in [0.15, 0.2) is 0 Å². The minimum absolute atomic E-state index is 0.0865. The van der Waals surface area contributed by atoms with Crippen molar-refractivity contribution in [2.45, 2.75) is 78.9 Å². The summed E-state index contributed by atoms with van der Waals surface area (Å²) in [6.07, 6.45) is 2.97. The number of amides is 1. The van der Waals surface area contributed by atoms with Crippen LogP contribution in [0, 0.1) is 11.8 Å². The number of ether oxygens (including phenoxy) is 1. The maximum Gasteiger partial charge on any atom is 0.408 e. The zero-order valence-electron chi connectivity index (χ0n) is 14.2. The van der Waals surface area contributed by atoms with E-state index in [9.17, 15) is 14.7 Å². The Kier molecular flexibility index (Phi) is 8.37. The van der Waals surface area contributed by atoms with Crippen molar-refractivity contribution >= 4 is 12.1 Å². The minimum atomic E-state index is -1.00. The molecule has 0 aromatic rings. The van der Waals surface area contributed by atoms with E-state index in [0.717, 1.165) is 19.3 Å². The lowest BCUT2D eigenvalue weighted by molar-refractivity contribution is -0.141. The molecule has 0 aliphatic rings. The Bertz CT molecular complexity index is 336. The molecule has 3 atom stereocenters. The second-order valence-corrected chi connectivity index (χ2v) is 6.76. The van der Waals surface area contributed by atoms with Gasteiger partial charge in [-0.25, -0.2) is 9.59 Å². The number of carboxylic acid groups (broad SMARTS) is 1. The van der Waals surface area contributed by atoms with Gasteiger partial charge in [-0.15, -0.1) is 0 Å². The van der Waals surface area contributed by atoms with Crippen molar-refractivity contribution in [3.05, 3.63) is 0 Å². The smallest absolute Gasteiger partial charge is 0.408 e. The molecule has 0 aliphatic carbocycles. The minimum Gasteiger partial charge on any atom is -0.480 e. The highest BCUT2D eigenvalue weighted by Gasteiger charge is 2.31. The molecule has 0 bridgehead atoms. The van der Waals surface area contributed by atoms with E-state index in [1.807, 2.05) is 6.92 Å². The van der Waals surface area contributed by atoms with Crippen molar-refractivity contribution in [1.29, 1.82) is 0 Å². The molecular formula is C16H31NO4. The molecule has 1 amide bonds. The third-order valence-corrected chi connectivity index (χ3v) is 3.42. The first-order valence-electron chi connectivity index (χ1n) is 7.83. The highest BCUT2D eigenvalue weighted by Crippen LogP contribution is 2.23. The average Bonchev–Trinajstić information content (AvgIpc) is 2.31. The molecule has 0 saturated carbocycles. The third-order valence-electron chi connectivity index (χ3n) is 3.42. The molecule has 0 aromatic carbocycles. The number of carbonyl (C=O) groups excluding carboxylic acids is 1. The Morgan fingerprint density at radius 3 is 2.19 bits per heavy atom. The predicted octanol–water partition coefficient (Wildman–Crippen LogP) is 3.82. The molecule has 0 aliphatic heterocycles. The molecule has 0 rings (SSSR count). The number of carbonyl (C=O) groups is 2. The molecule has 2 N–H and O–H groups in total. The van der Waals surface area contributed by atoms with E-state index < -0.39 is 23.7 Å². The zero-order chi connectivity index (χ0) is 16.6. The largest absolute Gasteiger partial charge is 0.480 e. The van der Waals surface area contributed by atoms with Gasteiger partial charge in [-0.2, -0.15) is 0 Å². The molecule has 2 unspecified atom stereocenters. The maximum atomic E-state index is 11.8. The Labute approximate surface area is 128 Å². The predicted molar refractivity (Wildman–Crippen MR) is 83.3 cm³/mol. The number of aliphatic carboxylic acids is 1. The number of rotatable bonds is 8. The van der Waals surface area contributed by atoms with Crippen molar-refractivity contribution in [3.63, 3.8) is 0 Å². The first kappa shape index (κ1) is 19.7. The highest BCUT2D eigenvalue weighted by molar-refractivity contribution is 5.80. The number of hydrogen-bond acceptors (Lipinski definition) is 3. The van der Waals surface area contributed by atoms with Gasteiger partial charge in [0.2, 0.25) is 0 Å². The first-order chi connectivity index (χ1) is 9.60. The van der Waals surface area contributed by atoms with E-state index in [1.165, 1.54) is 0 Å². The van der Waals surface area contributed by atoms with Gasteiger partial charge >= 0.3 is 12.1 Å². The maximum absolute atomic E-state index is 11.8. The Morgan fingerprint density at radius 1 is 1.24 bits per heavy atom. The summed E-state index contributed by atoms with van der Waals surface area (Å²) in [7, 11) is 0. The number of alkyl carbamates (subject to hydrolysis) is 1. The molecular weight excluding hydrogens is 270 g/mol. The summed E-state index contributed by atoms with van der Waals surface area (Å²) < 4.78 is 5.15. The fourth-order valence-corrected chi connectivity index (χ4v) is 2.48. The Morgan fingerprint density at radius 2 is 1.81 bits per heavy atom. The van der Waals surface area contributed by atoms with Crippen LogP contribution in [-0.2, 0) is 9.53 Å². The van der Waals surface area contributed by atoms with E-state index >= 15 is 0 Å². The normalized spacial score (nSPS) is 15.9. The SMILES string of the molecule is CCCC(C)C[C@@H](CC)C(NC(=O)OC(C)(C)C)C(=O)O. The van der Waals surface area contributed by atoms with Crippen LogP contribution in [-0.4, -0.2) is 28.8 Å². The van der Waals surface area contributed by atoms with Crippen molar-refractivity contribution in [2.24, 2.45) is 11.8 Å².